The zero-order valence-corrected chi connectivity index (χ0v) is 15.8. The Balaban J connectivity index is 2.08. The molecule has 0 aliphatic carbocycles. The van der Waals surface area contributed by atoms with Gasteiger partial charge in [-0.25, -0.2) is 4.79 Å². The summed E-state index contributed by atoms with van der Waals surface area (Å²) in [5.74, 6) is -0.188. The summed E-state index contributed by atoms with van der Waals surface area (Å²) in [4.78, 5) is 24.2. The molecule has 0 fully saturated rings. The summed E-state index contributed by atoms with van der Waals surface area (Å²) in [5.41, 5.74) is 2.59. The average molecular weight is 405 g/mol. The number of aryl methyl sites for hydroxylation is 1. The Bertz CT molecular complexity index is 735. The van der Waals surface area contributed by atoms with Crippen molar-refractivity contribution in [2.75, 3.05) is 11.9 Å². The quantitative estimate of drug-likeness (QED) is 0.740. The maximum Gasteiger partial charge on any atom is 0.407 e. The van der Waals surface area contributed by atoms with Gasteiger partial charge in [0.25, 0.3) is 0 Å². The first kappa shape index (κ1) is 19.0. The Kier molecular flexibility index (Phi) is 7.01. The fourth-order valence-corrected chi connectivity index (χ4v) is 2.62. The number of ether oxygens (including phenoxy) is 1. The molecule has 132 valence electrons. The summed E-state index contributed by atoms with van der Waals surface area (Å²) in [6.07, 6.45) is -0.429. The van der Waals surface area contributed by atoms with Crippen LogP contribution in [0.2, 0.25) is 0 Å². The Morgan fingerprint density at radius 1 is 1.16 bits per heavy atom. The molecule has 0 radical (unpaired) electrons. The smallest absolute Gasteiger partial charge is 0.407 e. The van der Waals surface area contributed by atoms with E-state index < -0.39 is 12.1 Å². The first-order valence-corrected chi connectivity index (χ1v) is 8.83. The molecule has 6 heteroatoms. The third-order valence-corrected chi connectivity index (χ3v) is 4.49. The van der Waals surface area contributed by atoms with E-state index in [2.05, 4.69) is 26.6 Å². The van der Waals surface area contributed by atoms with Crippen molar-refractivity contribution < 1.29 is 14.3 Å². The second-order valence-corrected chi connectivity index (χ2v) is 6.40. The van der Waals surface area contributed by atoms with E-state index >= 15 is 0 Å². The third-order valence-electron chi connectivity index (χ3n) is 3.60. The van der Waals surface area contributed by atoms with Crippen LogP contribution >= 0.6 is 15.9 Å². The molecule has 0 bridgehead atoms. The lowest BCUT2D eigenvalue weighted by atomic mass is 10.0. The van der Waals surface area contributed by atoms with Crippen LogP contribution in [-0.2, 0) is 9.53 Å². The maximum atomic E-state index is 12.4. The second-order valence-electron chi connectivity index (χ2n) is 5.54. The van der Waals surface area contributed by atoms with Crippen LogP contribution in [0.4, 0.5) is 10.5 Å². The number of halogens is 1. The largest absolute Gasteiger partial charge is 0.450 e. The van der Waals surface area contributed by atoms with Gasteiger partial charge in [0, 0.05) is 10.2 Å². The van der Waals surface area contributed by atoms with Crippen molar-refractivity contribution in [3.05, 3.63) is 64.1 Å². The van der Waals surface area contributed by atoms with Gasteiger partial charge in [-0.2, -0.15) is 0 Å². The Morgan fingerprint density at radius 3 is 2.52 bits per heavy atom. The van der Waals surface area contributed by atoms with Crippen LogP contribution in [0.3, 0.4) is 0 Å². The topological polar surface area (TPSA) is 67.4 Å². The van der Waals surface area contributed by atoms with Crippen molar-refractivity contribution in [2.24, 2.45) is 0 Å². The van der Waals surface area contributed by atoms with E-state index in [0.717, 1.165) is 15.6 Å². The van der Waals surface area contributed by atoms with E-state index in [1.54, 1.807) is 6.92 Å². The number of hydrogen-bond donors (Lipinski definition) is 2. The second kappa shape index (κ2) is 9.22. The molecule has 0 unspecified atom stereocenters. The molecule has 5 nitrogen and oxygen atoms in total. The summed E-state index contributed by atoms with van der Waals surface area (Å²) >= 11 is 3.43. The van der Waals surface area contributed by atoms with E-state index in [1.807, 2.05) is 55.5 Å². The normalized spacial score (nSPS) is 11.5. The van der Waals surface area contributed by atoms with E-state index in [1.165, 1.54) is 0 Å². The molecule has 25 heavy (non-hydrogen) atoms. The summed E-state index contributed by atoms with van der Waals surface area (Å²) in [6, 6.07) is 14.5. The molecule has 0 spiro atoms. The molecule has 0 saturated heterocycles. The number of nitrogens with one attached hydrogen (secondary N) is 2. The fraction of sp³-hybridized carbons (Fsp3) is 0.263. The highest BCUT2D eigenvalue weighted by atomic mass is 79.9. The summed E-state index contributed by atoms with van der Waals surface area (Å²) in [7, 11) is 0. The van der Waals surface area contributed by atoms with Crippen LogP contribution in [0.15, 0.2) is 53.0 Å². The molecule has 2 rings (SSSR count). The van der Waals surface area contributed by atoms with Crippen molar-refractivity contribution in [2.45, 2.75) is 26.3 Å². The lowest BCUT2D eigenvalue weighted by Gasteiger charge is -2.18. The van der Waals surface area contributed by atoms with Gasteiger partial charge in [-0.15, -0.1) is 0 Å². The van der Waals surface area contributed by atoms with Crippen LogP contribution < -0.4 is 10.6 Å². The van der Waals surface area contributed by atoms with Crippen LogP contribution in [0.5, 0.6) is 0 Å². The van der Waals surface area contributed by atoms with Gasteiger partial charge >= 0.3 is 6.09 Å². The molecule has 2 N–H and O–H groups in total. The van der Waals surface area contributed by atoms with Crippen molar-refractivity contribution in [1.29, 1.82) is 0 Å². The summed E-state index contributed by atoms with van der Waals surface area (Å²) in [6.45, 7) is 3.96. The highest BCUT2D eigenvalue weighted by molar-refractivity contribution is 9.10. The van der Waals surface area contributed by atoms with Gasteiger partial charge in [-0.1, -0.05) is 46.3 Å². The first-order valence-electron chi connectivity index (χ1n) is 8.04. The van der Waals surface area contributed by atoms with E-state index in [0.29, 0.717) is 5.69 Å². The van der Waals surface area contributed by atoms with Crippen molar-refractivity contribution in [3.63, 3.8) is 0 Å². The third kappa shape index (κ3) is 5.90. The summed E-state index contributed by atoms with van der Waals surface area (Å²) in [5, 5.41) is 5.61. The minimum Gasteiger partial charge on any atom is -0.450 e. The van der Waals surface area contributed by atoms with E-state index in [-0.39, 0.29) is 18.9 Å². The van der Waals surface area contributed by atoms with E-state index in [4.69, 9.17) is 4.74 Å². The number of anilines is 1. The van der Waals surface area contributed by atoms with Crippen LogP contribution in [0, 0.1) is 6.92 Å². The van der Waals surface area contributed by atoms with Gasteiger partial charge in [0.2, 0.25) is 5.91 Å². The molecule has 0 aromatic heterocycles. The molecule has 2 amide bonds. The van der Waals surface area contributed by atoms with Gasteiger partial charge in [-0.05, 0) is 43.2 Å². The minimum atomic E-state index is -0.538. The van der Waals surface area contributed by atoms with Crippen LogP contribution in [-0.4, -0.2) is 18.6 Å². The zero-order valence-electron chi connectivity index (χ0n) is 14.2. The zero-order chi connectivity index (χ0) is 18.2. The molecular weight excluding hydrogens is 384 g/mol. The van der Waals surface area contributed by atoms with Crippen LogP contribution in [0.25, 0.3) is 0 Å². The van der Waals surface area contributed by atoms with Gasteiger partial charge in [0.1, 0.15) is 0 Å². The molecule has 0 heterocycles. The maximum absolute atomic E-state index is 12.4. The highest BCUT2D eigenvalue weighted by Gasteiger charge is 2.19. The monoisotopic (exact) mass is 404 g/mol. The lowest BCUT2D eigenvalue weighted by molar-refractivity contribution is -0.116. The summed E-state index contributed by atoms with van der Waals surface area (Å²) < 4.78 is 5.92. The average Bonchev–Trinajstić information content (AvgIpc) is 2.58. The molecule has 2 aromatic rings. The number of alkyl carbamates (subject to hydrolysis) is 1. The van der Waals surface area contributed by atoms with Gasteiger partial charge in [0.15, 0.2) is 0 Å². The van der Waals surface area contributed by atoms with Crippen LogP contribution in [0.1, 0.15) is 30.5 Å². The number of benzene rings is 2. The number of carbonyl (C=O) groups is 2. The van der Waals surface area contributed by atoms with Gasteiger partial charge < -0.3 is 15.4 Å². The standard InChI is InChI=1S/C19H21BrN2O3/c1-3-25-19(24)22-17(14-7-5-4-6-8-14)12-18(23)21-15-9-10-16(20)13(2)11-15/h4-11,17H,3,12H2,1-2H3,(H,21,23)(H,22,24)/t17-/m1/s1. The number of carbonyl (C=O) groups excluding carboxylic acids is 2. The first-order chi connectivity index (χ1) is 12.0. The SMILES string of the molecule is CCOC(=O)N[C@H](CC(=O)Nc1ccc(Br)c(C)c1)c1ccccc1. The highest BCUT2D eigenvalue weighted by Crippen LogP contribution is 2.22. The predicted molar refractivity (Wildman–Crippen MR) is 101 cm³/mol. The Hall–Kier alpha value is -2.34. The van der Waals surface area contributed by atoms with Crippen molar-refractivity contribution >= 4 is 33.6 Å². The van der Waals surface area contributed by atoms with Gasteiger partial charge in [-0.3, -0.25) is 4.79 Å². The Morgan fingerprint density at radius 2 is 1.88 bits per heavy atom. The molecule has 1 atom stereocenters. The van der Waals surface area contributed by atoms with E-state index in [9.17, 15) is 9.59 Å². The molecule has 0 aliphatic rings. The molecule has 0 aliphatic heterocycles. The van der Waals surface area contributed by atoms with Crippen molar-refractivity contribution in [3.8, 4) is 0 Å². The minimum absolute atomic E-state index is 0.109. The Labute approximate surface area is 155 Å². The van der Waals surface area contributed by atoms with Crippen molar-refractivity contribution in [1.82, 2.24) is 5.32 Å². The number of rotatable bonds is 6. The molecular formula is C19H21BrN2O3. The number of hydrogen-bond acceptors (Lipinski definition) is 3. The number of amides is 2. The molecule has 2 aromatic carbocycles. The van der Waals surface area contributed by atoms with Gasteiger partial charge in [0.05, 0.1) is 19.1 Å². The fourth-order valence-electron chi connectivity index (χ4n) is 2.37. The predicted octanol–water partition coefficient (Wildman–Crippen LogP) is 4.57. The molecule has 0 saturated carbocycles. The lowest BCUT2D eigenvalue weighted by Crippen LogP contribution is -2.32.